The highest BCUT2D eigenvalue weighted by molar-refractivity contribution is 7.10. The maximum atomic E-state index is 13.5. The molecule has 4 heterocycles. The van der Waals surface area contributed by atoms with Gasteiger partial charge in [0.15, 0.2) is 0 Å². The van der Waals surface area contributed by atoms with E-state index in [1.54, 1.807) is 16.2 Å². The molecule has 0 aromatic carbocycles. The van der Waals surface area contributed by atoms with Crippen molar-refractivity contribution in [1.29, 1.82) is 0 Å². The van der Waals surface area contributed by atoms with E-state index in [9.17, 15) is 14.0 Å². The topological polar surface area (TPSA) is 56.8 Å². The molecule has 2 unspecified atom stereocenters. The van der Waals surface area contributed by atoms with Crippen LogP contribution in [0.1, 0.15) is 15.2 Å². The first-order valence-corrected chi connectivity index (χ1v) is 10.6. The zero-order chi connectivity index (χ0) is 20.6. The van der Waals surface area contributed by atoms with Crippen LogP contribution in [0.2, 0.25) is 0 Å². The number of rotatable bonds is 5. The molecule has 8 heteroatoms. The summed E-state index contributed by atoms with van der Waals surface area (Å²) in [6, 6.07) is 5.19. The lowest BCUT2D eigenvalue weighted by molar-refractivity contribution is -0.130. The van der Waals surface area contributed by atoms with Crippen molar-refractivity contribution in [3.8, 4) is 0 Å². The van der Waals surface area contributed by atoms with Crippen LogP contribution in [0.4, 0.5) is 4.39 Å². The van der Waals surface area contributed by atoms with E-state index in [4.69, 9.17) is 0 Å². The second-order valence-corrected chi connectivity index (χ2v) is 9.44. The van der Waals surface area contributed by atoms with E-state index in [0.29, 0.717) is 32.6 Å². The minimum Gasteiger partial charge on any atom is -0.341 e. The lowest BCUT2D eigenvalue weighted by atomic mass is 9.80. The van der Waals surface area contributed by atoms with Gasteiger partial charge >= 0.3 is 0 Å². The molecular formula is C21H25FN4O2S. The number of aromatic nitrogens is 1. The van der Waals surface area contributed by atoms with Gasteiger partial charge in [0.05, 0.1) is 18.2 Å². The van der Waals surface area contributed by atoms with Crippen LogP contribution < -0.4 is 0 Å². The third-order valence-corrected chi connectivity index (χ3v) is 6.76. The van der Waals surface area contributed by atoms with Crippen molar-refractivity contribution >= 4 is 23.2 Å². The number of nitrogens with zero attached hydrogens (tertiary/aromatic N) is 4. The number of amides is 2. The molecule has 6 nitrogen and oxygen atoms in total. The van der Waals surface area contributed by atoms with E-state index in [-0.39, 0.29) is 28.7 Å². The van der Waals surface area contributed by atoms with Gasteiger partial charge in [-0.3, -0.25) is 14.6 Å². The molecule has 2 aromatic heterocycles. The first kappa shape index (κ1) is 20.0. The van der Waals surface area contributed by atoms with Gasteiger partial charge in [0, 0.05) is 55.1 Å². The summed E-state index contributed by atoms with van der Waals surface area (Å²) in [6.45, 7) is 3.24. The van der Waals surface area contributed by atoms with Crippen molar-refractivity contribution < 1.29 is 14.0 Å². The fourth-order valence-electron chi connectivity index (χ4n) is 4.76. The van der Waals surface area contributed by atoms with Gasteiger partial charge in [-0.05, 0) is 31.6 Å². The van der Waals surface area contributed by atoms with Crippen molar-refractivity contribution in [2.24, 2.45) is 11.3 Å². The minimum atomic E-state index is -0.511. The molecule has 2 saturated heterocycles. The van der Waals surface area contributed by atoms with Crippen molar-refractivity contribution in [2.75, 3.05) is 46.8 Å². The number of hydrogen-bond donors (Lipinski definition) is 0. The molecule has 2 atom stereocenters. The highest BCUT2D eigenvalue weighted by Gasteiger charge is 2.54. The molecule has 0 N–H and O–H groups in total. The zero-order valence-corrected chi connectivity index (χ0v) is 17.5. The van der Waals surface area contributed by atoms with E-state index < -0.39 is 5.82 Å². The smallest absolute Gasteiger partial charge is 0.255 e. The molecule has 2 aliphatic heterocycles. The van der Waals surface area contributed by atoms with E-state index in [2.05, 4.69) is 9.88 Å². The summed E-state index contributed by atoms with van der Waals surface area (Å²) in [4.78, 5) is 36.5. The number of hydrogen-bond acceptors (Lipinski definition) is 5. The minimum absolute atomic E-state index is 0.146. The molecule has 0 bridgehead atoms. The van der Waals surface area contributed by atoms with Gasteiger partial charge in [-0.1, -0.05) is 6.07 Å². The van der Waals surface area contributed by atoms with Crippen LogP contribution in [-0.4, -0.2) is 78.3 Å². The van der Waals surface area contributed by atoms with Crippen LogP contribution in [-0.2, 0) is 11.2 Å². The number of carbonyl (C=O) groups is 2. The fourth-order valence-corrected chi connectivity index (χ4v) is 5.46. The van der Waals surface area contributed by atoms with Crippen LogP contribution in [0, 0.1) is 17.2 Å². The third-order valence-electron chi connectivity index (χ3n) is 5.89. The molecule has 29 heavy (non-hydrogen) atoms. The molecule has 2 fully saturated rings. The molecule has 0 spiro atoms. The Bertz CT molecular complexity index is 904. The monoisotopic (exact) mass is 416 g/mol. The quantitative estimate of drug-likeness (QED) is 0.748. The average molecular weight is 417 g/mol. The SMILES string of the molecule is CN(C)CC12CN(C(=O)Cc3cccs3)CC1CN(C(=O)c1cncc(F)c1)C2. The van der Waals surface area contributed by atoms with Gasteiger partial charge in [0.25, 0.3) is 5.91 Å². The summed E-state index contributed by atoms with van der Waals surface area (Å²) in [5.41, 5.74) is 0.112. The summed E-state index contributed by atoms with van der Waals surface area (Å²) in [5.74, 6) is -0.348. The van der Waals surface area contributed by atoms with E-state index in [1.165, 1.54) is 12.3 Å². The summed E-state index contributed by atoms with van der Waals surface area (Å²) in [6.07, 6.45) is 2.94. The van der Waals surface area contributed by atoms with Crippen LogP contribution in [0.15, 0.2) is 36.0 Å². The van der Waals surface area contributed by atoms with E-state index >= 15 is 0 Å². The molecule has 4 rings (SSSR count). The van der Waals surface area contributed by atoms with Crippen molar-refractivity contribution in [3.63, 3.8) is 0 Å². The van der Waals surface area contributed by atoms with Crippen molar-refractivity contribution in [1.82, 2.24) is 19.7 Å². The maximum Gasteiger partial charge on any atom is 0.255 e. The highest BCUT2D eigenvalue weighted by atomic mass is 32.1. The van der Waals surface area contributed by atoms with Gasteiger partial charge in [-0.2, -0.15) is 0 Å². The highest BCUT2D eigenvalue weighted by Crippen LogP contribution is 2.43. The Kier molecular flexibility index (Phi) is 5.40. The maximum absolute atomic E-state index is 13.5. The van der Waals surface area contributed by atoms with Gasteiger partial charge in [0.1, 0.15) is 5.82 Å². The Balaban J connectivity index is 1.50. The lowest BCUT2D eigenvalue weighted by Gasteiger charge is -2.32. The van der Waals surface area contributed by atoms with Crippen LogP contribution in [0.25, 0.3) is 0 Å². The predicted octanol–water partition coefficient (Wildman–Crippen LogP) is 1.99. The predicted molar refractivity (Wildman–Crippen MR) is 109 cm³/mol. The third kappa shape index (κ3) is 4.04. The first-order valence-electron chi connectivity index (χ1n) is 9.71. The Morgan fingerprint density at radius 1 is 1.28 bits per heavy atom. The molecule has 0 saturated carbocycles. The van der Waals surface area contributed by atoms with Crippen LogP contribution in [0.3, 0.4) is 0 Å². The molecule has 0 aliphatic carbocycles. The van der Waals surface area contributed by atoms with Gasteiger partial charge in [-0.25, -0.2) is 4.39 Å². The standard InChI is InChI=1S/C21H25FN4O2S/c1-24(2)12-21-13-25(19(27)7-18-4-3-5-29-18)10-16(21)11-26(14-21)20(28)15-6-17(22)9-23-8-15/h3-6,8-9,16H,7,10-14H2,1-2H3. The molecule has 0 radical (unpaired) electrons. The van der Waals surface area contributed by atoms with E-state index in [1.807, 2.05) is 36.5 Å². The number of carbonyl (C=O) groups excluding carboxylic acids is 2. The second-order valence-electron chi connectivity index (χ2n) is 8.40. The number of pyridine rings is 1. The number of halogens is 1. The number of likely N-dealkylation sites (tertiary alicyclic amines) is 2. The Morgan fingerprint density at radius 2 is 2.03 bits per heavy atom. The summed E-state index contributed by atoms with van der Waals surface area (Å²) in [5, 5.41) is 1.99. The average Bonchev–Trinajstić information content (AvgIpc) is 3.35. The summed E-state index contributed by atoms with van der Waals surface area (Å²) >= 11 is 1.60. The number of thiophene rings is 1. The van der Waals surface area contributed by atoms with Gasteiger partial charge < -0.3 is 14.7 Å². The molecule has 2 amide bonds. The van der Waals surface area contributed by atoms with Gasteiger partial charge in [-0.15, -0.1) is 11.3 Å². The zero-order valence-electron chi connectivity index (χ0n) is 16.7. The fraction of sp³-hybridized carbons (Fsp3) is 0.476. The first-order chi connectivity index (χ1) is 13.9. The van der Waals surface area contributed by atoms with Crippen molar-refractivity contribution in [2.45, 2.75) is 6.42 Å². The Morgan fingerprint density at radius 3 is 2.72 bits per heavy atom. The Hall–Kier alpha value is -2.32. The largest absolute Gasteiger partial charge is 0.341 e. The summed E-state index contributed by atoms with van der Waals surface area (Å²) < 4.78 is 13.5. The number of fused-ring (bicyclic) bond motifs is 1. The normalized spacial score (nSPS) is 23.7. The molecular weight excluding hydrogens is 391 g/mol. The second kappa shape index (κ2) is 7.84. The molecule has 2 aromatic rings. The van der Waals surface area contributed by atoms with Gasteiger partial charge in [0.2, 0.25) is 5.91 Å². The Labute approximate surface area is 173 Å². The van der Waals surface area contributed by atoms with Crippen molar-refractivity contribution in [3.05, 3.63) is 52.2 Å². The van der Waals surface area contributed by atoms with E-state index in [0.717, 1.165) is 17.6 Å². The van der Waals surface area contributed by atoms with Crippen LogP contribution in [0.5, 0.6) is 0 Å². The lowest BCUT2D eigenvalue weighted by Crippen LogP contribution is -2.44. The molecule has 2 aliphatic rings. The summed E-state index contributed by atoms with van der Waals surface area (Å²) in [7, 11) is 4.03. The molecule has 154 valence electrons. The van der Waals surface area contributed by atoms with Crippen LogP contribution >= 0.6 is 11.3 Å².